The SMILES string of the molecule is CC[C@H](N)c1nc(C(=O)O)n(C)n1. The summed E-state index contributed by atoms with van der Waals surface area (Å²) in [6.07, 6.45) is 0.684. The Labute approximate surface area is 75.4 Å². The molecular weight excluding hydrogens is 172 g/mol. The second kappa shape index (κ2) is 3.53. The number of aryl methyl sites for hydroxylation is 1. The van der Waals surface area contributed by atoms with Crippen LogP contribution in [0.2, 0.25) is 0 Å². The van der Waals surface area contributed by atoms with Crippen molar-refractivity contribution in [2.45, 2.75) is 19.4 Å². The molecule has 0 unspecified atom stereocenters. The van der Waals surface area contributed by atoms with Gasteiger partial charge in [-0.15, -0.1) is 0 Å². The van der Waals surface area contributed by atoms with E-state index in [2.05, 4.69) is 10.1 Å². The molecule has 0 radical (unpaired) electrons. The largest absolute Gasteiger partial charge is 0.475 e. The highest BCUT2D eigenvalue weighted by molar-refractivity contribution is 5.83. The highest BCUT2D eigenvalue weighted by atomic mass is 16.4. The quantitative estimate of drug-likeness (QED) is 0.685. The van der Waals surface area contributed by atoms with Crippen LogP contribution in [0.3, 0.4) is 0 Å². The lowest BCUT2D eigenvalue weighted by atomic mass is 10.2. The van der Waals surface area contributed by atoms with Gasteiger partial charge in [-0.25, -0.2) is 14.5 Å². The maximum Gasteiger partial charge on any atom is 0.373 e. The third kappa shape index (κ3) is 1.83. The summed E-state index contributed by atoms with van der Waals surface area (Å²) in [5, 5.41) is 12.6. The molecule has 1 aromatic rings. The van der Waals surface area contributed by atoms with E-state index < -0.39 is 5.97 Å². The fourth-order valence-electron chi connectivity index (χ4n) is 0.930. The number of carbonyl (C=O) groups is 1. The number of rotatable bonds is 3. The number of aromatic carboxylic acids is 1. The molecule has 0 bridgehead atoms. The van der Waals surface area contributed by atoms with Gasteiger partial charge < -0.3 is 10.8 Å². The fourth-order valence-corrected chi connectivity index (χ4v) is 0.930. The maximum atomic E-state index is 10.6. The van der Waals surface area contributed by atoms with Gasteiger partial charge in [0.05, 0.1) is 6.04 Å². The van der Waals surface area contributed by atoms with Crippen LogP contribution in [0.4, 0.5) is 0 Å². The van der Waals surface area contributed by atoms with Crippen molar-refractivity contribution in [3.8, 4) is 0 Å². The molecule has 6 nitrogen and oxygen atoms in total. The van der Waals surface area contributed by atoms with Crippen LogP contribution in [-0.4, -0.2) is 25.8 Å². The van der Waals surface area contributed by atoms with E-state index in [0.717, 1.165) is 0 Å². The number of hydrogen-bond donors (Lipinski definition) is 2. The van der Waals surface area contributed by atoms with E-state index in [9.17, 15) is 4.79 Å². The molecule has 13 heavy (non-hydrogen) atoms. The van der Waals surface area contributed by atoms with Crippen LogP contribution in [0.1, 0.15) is 35.8 Å². The van der Waals surface area contributed by atoms with Gasteiger partial charge >= 0.3 is 5.97 Å². The van der Waals surface area contributed by atoms with E-state index in [1.807, 2.05) is 6.92 Å². The van der Waals surface area contributed by atoms with E-state index in [4.69, 9.17) is 10.8 Å². The second-order valence-electron chi connectivity index (χ2n) is 2.74. The average Bonchev–Trinajstić information content (AvgIpc) is 2.46. The van der Waals surface area contributed by atoms with Gasteiger partial charge in [0, 0.05) is 7.05 Å². The van der Waals surface area contributed by atoms with E-state index >= 15 is 0 Å². The Morgan fingerprint density at radius 1 is 1.77 bits per heavy atom. The van der Waals surface area contributed by atoms with E-state index in [0.29, 0.717) is 12.2 Å². The predicted molar refractivity (Wildman–Crippen MR) is 45.2 cm³/mol. The molecule has 0 amide bonds. The van der Waals surface area contributed by atoms with Crippen LogP contribution < -0.4 is 5.73 Å². The minimum absolute atomic E-state index is 0.0844. The maximum absolute atomic E-state index is 10.6. The molecule has 0 spiro atoms. The van der Waals surface area contributed by atoms with Gasteiger partial charge in [-0.05, 0) is 6.42 Å². The summed E-state index contributed by atoms with van der Waals surface area (Å²) < 4.78 is 1.22. The molecular formula is C7H12N4O2. The normalized spacial score (nSPS) is 12.8. The standard InChI is InChI=1S/C7H12N4O2/c1-3-4(8)5-9-6(7(12)13)11(2)10-5/h4H,3,8H2,1-2H3,(H,12,13)/t4-/m0/s1. The first-order chi connectivity index (χ1) is 6.06. The summed E-state index contributed by atoms with van der Waals surface area (Å²) in [7, 11) is 1.53. The zero-order valence-electron chi connectivity index (χ0n) is 7.56. The van der Waals surface area contributed by atoms with Gasteiger partial charge in [-0.3, -0.25) is 0 Å². The summed E-state index contributed by atoms with van der Waals surface area (Å²) >= 11 is 0. The smallest absolute Gasteiger partial charge is 0.373 e. The van der Waals surface area contributed by atoms with Gasteiger partial charge in [-0.2, -0.15) is 5.10 Å². The summed E-state index contributed by atoms with van der Waals surface area (Å²) in [6, 6.07) is -0.292. The molecule has 6 heteroatoms. The van der Waals surface area contributed by atoms with Gasteiger partial charge in [0.2, 0.25) is 5.82 Å². The summed E-state index contributed by atoms with van der Waals surface area (Å²) in [6.45, 7) is 1.89. The number of nitrogens with two attached hydrogens (primary N) is 1. The number of hydrogen-bond acceptors (Lipinski definition) is 4. The number of aromatic nitrogens is 3. The third-order valence-corrected chi connectivity index (χ3v) is 1.74. The Balaban J connectivity index is 3.01. The first-order valence-corrected chi connectivity index (χ1v) is 3.96. The van der Waals surface area contributed by atoms with Crippen molar-refractivity contribution >= 4 is 5.97 Å². The number of carboxylic acid groups (broad SMARTS) is 1. The van der Waals surface area contributed by atoms with Crippen LogP contribution in [-0.2, 0) is 7.05 Å². The zero-order chi connectivity index (χ0) is 10.0. The third-order valence-electron chi connectivity index (χ3n) is 1.74. The molecule has 1 atom stereocenters. The molecule has 1 aromatic heterocycles. The molecule has 1 rings (SSSR count). The van der Waals surface area contributed by atoms with Crippen LogP contribution in [0.5, 0.6) is 0 Å². The predicted octanol–water partition coefficient (Wildman–Crippen LogP) is -0.0769. The Morgan fingerprint density at radius 2 is 2.38 bits per heavy atom. The van der Waals surface area contributed by atoms with Crippen molar-refractivity contribution in [1.82, 2.24) is 14.8 Å². The number of nitrogens with zero attached hydrogens (tertiary/aromatic N) is 3. The Bertz CT molecular complexity index is 320. The van der Waals surface area contributed by atoms with Crippen molar-refractivity contribution in [1.29, 1.82) is 0 Å². The van der Waals surface area contributed by atoms with E-state index in [1.54, 1.807) is 0 Å². The van der Waals surface area contributed by atoms with Crippen LogP contribution >= 0.6 is 0 Å². The molecule has 72 valence electrons. The fraction of sp³-hybridized carbons (Fsp3) is 0.571. The average molecular weight is 184 g/mol. The van der Waals surface area contributed by atoms with E-state index in [-0.39, 0.29) is 11.9 Å². The highest BCUT2D eigenvalue weighted by Gasteiger charge is 2.16. The molecule has 1 heterocycles. The van der Waals surface area contributed by atoms with Gasteiger partial charge in [0.15, 0.2) is 5.82 Å². The summed E-state index contributed by atoms with van der Waals surface area (Å²) in [5.74, 6) is -0.800. The van der Waals surface area contributed by atoms with Crippen LogP contribution in [0, 0.1) is 0 Å². The van der Waals surface area contributed by atoms with Gasteiger partial charge in [0.1, 0.15) is 0 Å². The van der Waals surface area contributed by atoms with Crippen LogP contribution in [0.15, 0.2) is 0 Å². The first-order valence-electron chi connectivity index (χ1n) is 3.96. The lowest BCUT2D eigenvalue weighted by Crippen LogP contribution is -2.10. The lowest BCUT2D eigenvalue weighted by Gasteiger charge is -2.00. The summed E-state index contributed by atoms with van der Waals surface area (Å²) in [5.41, 5.74) is 5.65. The first kappa shape index (κ1) is 9.66. The lowest BCUT2D eigenvalue weighted by molar-refractivity contribution is 0.0678. The highest BCUT2D eigenvalue weighted by Crippen LogP contribution is 2.08. The topological polar surface area (TPSA) is 94.0 Å². The minimum atomic E-state index is -1.09. The summed E-state index contributed by atoms with van der Waals surface area (Å²) in [4.78, 5) is 14.4. The van der Waals surface area contributed by atoms with Crippen molar-refractivity contribution in [3.63, 3.8) is 0 Å². The van der Waals surface area contributed by atoms with Crippen molar-refractivity contribution in [2.24, 2.45) is 12.8 Å². The monoisotopic (exact) mass is 184 g/mol. The van der Waals surface area contributed by atoms with Gasteiger partial charge in [-0.1, -0.05) is 6.92 Å². The van der Waals surface area contributed by atoms with Crippen molar-refractivity contribution in [3.05, 3.63) is 11.6 Å². The van der Waals surface area contributed by atoms with Crippen molar-refractivity contribution in [2.75, 3.05) is 0 Å². The van der Waals surface area contributed by atoms with Gasteiger partial charge in [0.25, 0.3) is 0 Å². The van der Waals surface area contributed by atoms with E-state index in [1.165, 1.54) is 11.7 Å². The molecule has 3 N–H and O–H groups in total. The molecule has 0 aromatic carbocycles. The van der Waals surface area contributed by atoms with Crippen LogP contribution in [0.25, 0.3) is 0 Å². The minimum Gasteiger partial charge on any atom is -0.475 e. The Kier molecular flexibility index (Phi) is 2.62. The molecule has 0 aliphatic rings. The molecule has 0 saturated heterocycles. The molecule has 0 saturated carbocycles. The Hall–Kier alpha value is -1.43. The Morgan fingerprint density at radius 3 is 2.77 bits per heavy atom. The second-order valence-corrected chi connectivity index (χ2v) is 2.74. The molecule has 0 fully saturated rings. The molecule has 0 aliphatic heterocycles. The number of carboxylic acids is 1. The molecule has 0 aliphatic carbocycles. The van der Waals surface area contributed by atoms with Crippen molar-refractivity contribution < 1.29 is 9.90 Å². The zero-order valence-corrected chi connectivity index (χ0v) is 7.56.